The summed E-state index contributed by atoms with van der Waals surface area (Å²) in [6.45, 7) is 4.02. The number of rotatable bonds is 7. The molecule has 2 amide bonds. The number of benzene rings is 2. The number of likely N-dealkylation sites (N-methyl/N-ethyl adjacent to an activating group) is 1. The smallest absolute Gasteiger partial charge is 0.251 e. The monoisotopic (exact) mass is 410 g/mol. The van der Waals surface area contributed by atoms with Crippen molar-refractivity contribution in [1.29, 1.82) is 0 Å². The molecule has 0 radical (unpaired) electrons. The maximum absolute atomic E-state index is 12.2. The Balaban J connectivity index is 1.94. The molecule has 2 N–H and O–H groups in total. The number of hydrogen-bond donors (Lipinski definition) is 2. The summed E-state index contributed by atoms with van der Waals surface area (Å²) in [4.78, 5) is 24.8. The van der Waals surface area contributed by atoms with Crippen molar-refractivity contribution in [3.05, 3.63) is 63.6 Å². The van der Waals surface area contributed by atoms with E-state index in [2.05, 4.69) is 10.6 Å². The minimum atomic E-state index is -0.581. The van der Waals surface area contributed by atoms with E-state index >= 15 is 0 Å². The zero-order valence-electron chi connectivity index (χ0n) is 14.5. The van der Waals surface area contributed by atoms with E-state index in [4.69, 9.17) is 23.2 Å². The lowest BCUT2D eigenvalue weighted by atomic mass is 10.1. The molecule has 26 heavy (non-hydrogen) atoms. The molecule has 7 heteroatoms. The highest BCUT2D eigenvalue weighted by Crippen LogP contribution is 2.32. The fourth-order valence-electron chi connectivity index (χ4n) is 2.17. The van der Waals surface area contributed by atoms with Gasteiger partial charge in [-0.1, -0.05) is 35.3 Å². The third kappa shape index (κ3) is 5.94. The Morgan fingerprint density at radius 3 is 2.46 bits per heavy atom. The number of thioether (sulfide) groups is 1. The van der Waals surface area contributed by atoms with Crippen LogP contribution in [0, 0.1) is 0 Å². The van der Waals surface area contributed by atoms with Gasteiger partial charge in [0.15, 0.2) is 0 Å². The molecule has 1 atom stereocenters. The first kappa shape index (κ1) is 20.6. The summed E-state index contributed by atoms with van der Waals surface area (Å²) >= 11 is 13.7. The van der Waals surface area contributed by atoms with Gasteiger partial charge >= 0.3 is 0 Å². The lowest BCUT2D eigenvalue weighted by Crippen LogP contribution is -2.44. The molecule has 0 spiro atoms. The van der Waals surface area contributed by atoms with Gasteiger partial charge in [-0.05, 0) is 49.7 Å². The van der Waals surface area contributed by atoms with Crippen molar-refractivity contribution < 1.29 is 9.59 Å². The van der Waals surface area contributed by atoms with Gasteiger partial charge in [-0.15, -0.1) is 11.8 Å². The van der Waals surface area contributed by atoms with Crippen LogP contribution in [-0.2, 0) is 10.5 Å². The van der Waals surface area contributed by atoms with E-state index in [1.165, 1.54) is 0 Å². The van der Waals surface area contributed by atoms with Gasteiger partial charge in [0.2, 0.25) is 5.91 Å². The van der Waals surface area contributed by atoms with Gasteiger partial charge in [0.1, 0.15) is 6.04 Å². The molecule has 0 bridgehead atoms. The summed E-state index contributed by atoms with van der Waals surface area (Å²) in [5.74, 6) is 0.227. The van der Waals surface area contributed by atoms with Crippen molar-refractivity contribution in [2.45, 2.75) is 30.5 Å². The van der Waals surface area contributed by atoms with Crippen LogP contribution in [0.5, 0.6) is 0 Å². The molecule has 0 fully saturated rings. The summed E-state index contributed by atoms with van der Waals surface area (Å²) in [6.07, 6.45) is 0. The topological polar surface area (TPSA) is 58.2 Å². The summed E-state index contributed by atoms with van der Waals surface area (Å²) in [6, 6.07) is 12.0. The molecule has 0 aliphatic rings. The van der Waals surface area contributed by atoms with E-state index in [1.807, 2.05) is 25.1 Å². The van der Waals surface area contributed by atoms with Crippen LogP contribution in [0.4, 0.5) is 0 Å². The molecule has 2 aromatic rings. The maximum atomic E-state index is 12.2. The molecule has 0 aliphatic heterocycles. The van der Waals surface area contributed by atoms with Crippen LogP contribution in [0.15, 0.2) is 47.4 Å². The molecule has 0 saturated carbocycles. The third-order valence-electron chi connectivity index (χ3n) is 3.60. The van der Waals surface area contributed by atoms with Gasteiger partial charge in [-0.25, -0.2) is 0 Å². The third-order valence-corrected chi connectivity index (χ3v) is 5.40. The molecule has 4 nitrogen and oxygen atoms in total. The second-order valence-electron chi connectivity index (χ2n) is 5.65. The van der Waals surface area contributed by atoms with Crippen LogP contribution in [0.25, 0.3) is 0 Å². The molecule has 0 aromatic heterocycles. The number of carbonyl (C=O) groups is 2. The second-order valence-corrected chi connectivity index (χ2v) is 7.51. The van der Waals surface area contributed by atoms with Gasteiger partial charge in [-0.3, -0.25) is 9.59 Å². The van der Waals surface area contributed by atoms with Gasteiger partial charge < -0.3 is 10.6 Å². The first-order chi connectivity index (χ1) is 12.4. The highest BCUT2D eigenvalue weighted by Gasteiger charge is 2.15. The molecule has 0 unspecified atom stereocenters. The maximum Gasteiger partial charge on any atom is 0.251 e. The molecule has 2 rings (SSSR count). The Labute approximate surface area is 167 Å². The van der Waals surface area contributed by atoms with Crippen molar-refractivity contribution in [2.75, 3.05) is 6.54 Å². The lowest BCUT2D eigenvalue weighted by molar-refractivity contribution is -0.122. The van der Waals surface area contributed by atoms with Crippen LogP contribution in [0.3, 0.4) is 0 Å². The normalized spacial score (nSPS) is 11.7. The van der Waals surface area contributed by atoms with Gasteiger partial charge in [0, 0.05) is 27.8 Å². The summed E-state index contributed by atoms with van der Waals surface area (Å²) in [5.41, 5.74) is 1.56. The fraction of sp³-hybridized carbons (Fsp3) is 0.263. The molecule has 138 valence electrons. The van der Waals surface area contributed by atoms with E-state index in [1.54, 1.807) is 43.0 Å². The highest BCUT2D eigenvalue weighted by molar-refractivity contribution is 7.98. The zero-order valence-corrected chi connectivity index (χ0v) is 16.8. The van der Waals surface area contributed by atoms with E-state index in [0.717, 1.165) is 10.5 Å². The van der Waals surface area contributed by atoms with E-state index in [9.17, 15) is 9.59 Å². The average molecular weight is 411 g/mol. The Bertz CT molecular complexity index is 782. The number of hydrogen-bond acceptors (Lipinski definition) is 3. The van der Waals surface area contributed by atoms with Crippen molar-refractivity contribution in [3.63, 3.8) is 0 Å². The Morgan fingerprint density at radius 2 is 1.81 bits per heavy atom. The standard InChI is InChI=1S/C19H20Cl2N2O2S/c1-3-22-18(24)12(2)23-19(25)14-6-4-13(5-7-14)11-26-17-10-15(20)8-9-16(17)21/h4-10,12H,3,11H2,1-2H3,(H,22,24)(H,23,25)/t12-/m0/s1. The molecular weight excluding hydrogens is 391 g/mol. The van der Waals surface area contributed by atoms with Crippen molar-refractivity contribution in [3.8, 4) is 0 Å². The van der Waals surface area contributed by atoms with Crippen LogP contribution in [-0.4, -0.2) is 24.4 Å². The fourth-order valence-corrected chi connectivity index (χ4v) is 3.62. The summed E-state index contributed by atoms with van der Waals surface area (Å²) in [5, 5.41) is 6.66. The predicted octanol–water partition coefficient (Wildman–Crippen LogP) is 4.54. The van der Waals surface area contributed by atoms with E-state index < -0.39 is 6.04 Å². The quantitative estimate of drug-likeness (QED) is 0.658. The Morgan fingerprint density at radius 1 is 1.12 bits per heavy atom. The minimum absolute atomic E-state index is 0.202. The minimum Gasteiger partial charge on any atom is -0.355 e. The largest absolute Gasteiger partial charge is 0.355 e. The molecular formula is C19H20Cl2N2O2S. The first-order valence-electron chi connectivity index (χ1n) is 8.16. The number of carbonyl (C=O) groups excluding carboxylic acids is 2. The van der Waals surface area contributed by atoms with Gasteiger partial charge in [0.25, 0.3) is 5.91 Å². The summed E-state index contributed by atoms with van der Waals surface area (Å²) in [7, 11) is 0. The molecule has 0 aliphatic carbocycles. The predicted molar refractivity (Wildman–Crippen MR) is 108 cm³/mol. The second kappa shape index (κ2) is 9.86. The van der Waals surface area contributed by atoms with Crippen LogP contribution in [0.1, 0.15) is 29.8 Å². The van der Waals surface area contributed by atoms with Gasteiger partial charge in [0.05, 0.1) is 5.02 Å². The number of halogens is 2. The van der Waals surface area contributed by atoms with Crippen LogP contribution < -0.4 is 10.6 Å². The average Bonchev–Trinajstić information content (AvgIpc) is 2.63. The number of amides is 2. The van der Waals surface area contributed by atoms with Gasteiger partial charge in [-0.2, -0.15) is 0 Å². The lowest BCUT2D eigenvalue weighted by Gasteiger charge is -2.13. The van der Waals surface area contributed by atoms with Crippen LogP contribution >= 0.6 is 35.0 Å². The van der Waals surface area contributed by atoms with E-state index in [-0.39, 0.29) is 11.8 Å². The molecule has 0 saturated heterocycles. The Hall–Kier alpha value is -1.69. The first-order valence-corrected chi connectivity index (χ1v) is 9.90. The zero-order chi connectivity index (χ0) is 19.1. The van der Waals surface area contributed by atoms with Crippen LogP contribution in [0.2, 0.25) is 10.0 Å². The van der Waals surface area contributed by atoms with Crippen molar-refractivity contribution in [1.82, 2.24) is 10.6 Å². The van der Waals surface area contributed by atoms with E-state index in [0.29, 0.717) is 27.9 Å². The summed E-state index contributed by atoms with van der Waals surface area (Å²) < 4.78 is 0. The van der Waals surface area contributed by atoms with Crippen molar-refractivity contribution >= 4 is 46.8 Å². The SMILES string of the molecule is CCNC(=O)[C@H](C)NC(=O)c1ccc(CSc2cc(Cl)ccc2Cl)cc1. The van der Waals surface area contributed by atoms with Crippen molar-refractivity contribution in [2.24, 2.45) is 0 Å². The molecule has 0 heterocycles. The Kier molecular flexibility index (Phi) is 7.82. The molecule has 2 aromatic carbocycles. The highest BCUT2D eigenvalue weighted by atomic mass is 35.5. The number of nitrogens with one attached hydrogen (secondary N) is 2.